The Morgan fingerprint density at radius 1 is 1.40 bits per heavy atom. The summed E-state index contributed by atoms with van der Waals surface area (Å²) < 4.78 is 10.7. The highest BCUT2D eigenvalue weighted by Crippen LogP contribution is 2.31. The molecule has 2 saturated heterocycles. The molecule has 2 aliphatic heterocycles. The Hall–Kier alpha value is -1.43. The van der Waals surface area contributed by atoms with Crippen molar-refractivity contribution in [3.8, 4) is 0 Å². The molecule has 0 N–H and O–H groups in total. The Labute approximate surface area is 118 Å². The third kappa shape index (κ3) is 2.70. The molecule has 1 aromatic rings. The van der Waals surface area contributed by atoms with Gasteiger partial charge in [0.15, 0.2) is 5.82 Å². The Kier molecular flexibility index (Phi) is 4.00. The smallest absolute Gasteiger partial charge is 0.226 e. The molecule has 0 saturated carbocycles. The monoisotopic (exact) mass is 279 g/mol. The van der Waals surface area contributed by atoms with Gasteiger partial charge < -0.3 is 14.2 Å². The topological polar surface area (TPSA) is 68.5 Å². The summed E-state index contributed by atoms with van der Waals surface area (Å²) in [7, 11) is 0. The fraction of sp³-hybridized carbons (Fsp3) is 0.786. The van der Waals surface area contributed by atoms with Gasteiger partial charge >= 0.3 is 0 Å². The number of carbonyl (C=O) groups is 1. The molecular formula is C14H21N3O3. The Morgan fingerprint density at radius 2 is 2.30 bits per heavy atom. The average Bonchev–Trinajstić information content (AvgIpc) is 3.19. The number of aryl methyl sites for hydroxylation is 1. The number of hydrogen-bond acceptors (Lipinski definition) is 5. The first-order valence-electron chi connectivity index (χ1n) is 7.51. The van der Waals surface area contributed by atoms with Crippen molar-refractivity contribution in [3.63, 3.8) is 0 Å². The summed E-state index contributed by atoms with van der Waals surface area (Å²) in [5.41, 5.74) is 0. The quantitative estimate of drug-likeness (QED) is 0.841. The molecule has 1 aromatic heterocycles. The zero-order valence-corrected chi connectivity index (χ0v) is 11.9. The second kappa shape index (κ2) is 5.91. The molecule has 110 valence electrons. The van der Waals surface area contributed by atoms with Crippen LogP contribution in [0.3, 0.4) is 0 Å². The van der Waals surface area contributed by atoms with E-state index in [1.165, 1.54) is 0 Å². The Balaban J connectivity index is 1.66. The van der Waals surface area contributed by atoms with Crippen LogP contribution in [0.25, 0.3) is 0 Å². The van der Waals surface area contributed by atoms with Crippen molar-refractivity contribution in [2.24, 2.45) is 0 Å². The lowest BCUT2D eigenvalue weighted by molar-refractivity contribution is -0.134. The van der Waals surface area contributed by atoms with Gasteiger partial charge in [0.05, 0.1) is 18.6 Å². The van der Waals surface area contributed by atoms with Gasteiger partial charge in [-0.3, -0.25) is 4.79 Å². The lowest BCUT2D eigenvalue weighted by atomic mass is 10.1. The van der Waals surface area contributed by atoms with Gasteiger partial charge in [0.25, 0.3) is 0 Å². The van der Waals surface area contributed by atoms with Gasteiger partial charge in [-0.15, -0.1) is 0 Å². The largest absolute Gasteiger partial charge is 0.378 e. The minimum atomic E-state index is -0.0204. The number of likely N-dealkylation sites (tertiary alicyclic amines) is 1. The summed E-state index contributed by atoms with van der Waals surface area (Å²) in [6.07, 6.45) is 5.27. The molecule has 2 aliphatic rings. The second-order valence-electron chi connectivity index (χ2n) is 5.48. The van der Waals surface area contributed by atoms with Crippen molar-refractivity contribution >= 4 is 5.91 Å². The standard InChI is InChI=1S/C14H21N3O3/c1-2-12-15-14(16-20-12)11-6-3-7-17(11)13(18)9-10-5-4-8-19-10/h10-11H,2-9H2,1H3/t10-,11+/m1/s1. The molecule has 6 nitrogen and oxygen atoms in total. The van der Waals surface area contributed by atoms with Gasteiger partial charge in [-0.1, -0.05) is 12.1 Å². The van der Waals surface area contributed by atoms with Gasteiger partial charge in [0, 0.05) is 19.6 Å². The predicted molar refractivity (Wildman–Crippen MR) is 71.0 cm³/mol. The molecule has 0 aliphatic carbocycles. The predicted octanol–water partition coefficient (Wildman–Crippen LogP) is 1.86. The third-order valence-corrected chi connectivity index (χ3v) is 4.08. The molecule has 0 spiro atoms. The molecule has 0 unspecified atom stereocenters. The lowest BCUT2D eigenvalue weighted by Gasteiger charge is -2.23. The highest BCUT2D eigenvalue weighted by Gasteiger charge is 2.34. The Bertz CT molecular complexity index is 468. The maximum Gasteiger partial charge on any atom is 0.226 e. The van der Waals surface area contributed by atoms with Crippen molar-refractivity contribution in [2.75, 3.05) is 13.2 Å². The van der Waals surface area contributed by atoms with Crippen LogP contribution in [-0.4, -0.2) is 40.2 Å². The fourth-order valence-electron chi connectivity index (χ4n) is 3.00. The highest BCUT2D eigenvalue weighted by molar-refractivity contribution is 5.77. The summed E-state index contributed by atoms with van der Waals surface area (Å²) in [5, 5.41) is 4.02. The lowest BCUT2D eigenvalue weighted by Crippen LogP contribution is -2.33. The molecule has 0 radical (unpaired) electrons. The summed E-state index contributed by atoms with van der Waals surface area (Å²) in [5.74, 6) is 1.45. The zero-order valence-electron chi connectivity index (χ0n) is 11.9. The first-order chi connectivity index (χ1) is 9.78. The first-order valence-corrected chi connectivity index (χ1v) is 7.51. The van der Waals surface area contributed by atoms with Crippen LogP contribution in [0.15, 0.2) is 4.52 Å². The fourth-order valence-corrected chi connectivity index (χ4v) is 3.00. The van der Waals surface area contributed by atoms with Gasteiger partial charge in [-0.25, -0.2) is 0 Å². The van der Waals surface area contributed by atoms with Crippen molar-refractivity contribution in [3.05, 3.63) is 11.7 Å². The van der Waals surface area contributed by atoms with E-state index in [2.05, 4.69) is 10.1 Å². The minimum absolute atomic E-state index is 0.0204. The Morgan fingerprint density at radius 3 is 3.00 bits per heavy atom. The number of amides is 1. The molecule has 3 heterocycles. The summed E-state index contributed by atoms with van der Waals surface area (Å²) in [4.78, 5) is 18.7. The van der Waals surface area contributed by atoms with E-state index in [4.69, 9.17) is 9.26 Å². The molecule has 0 aromatic carbocycles. The van der Waals surface area contributed by atoms with Crippen molar-refractivity contribution < 1.29 is 14.1 Å². The van der Waals surface area contributed by atoms with Crippen LogP contribution in [-0.2, 0) is 16.0 Å². The van der Waals surface area contributed by atoms with Crippen LogP contribution in [0.5, 0.6) is 0 Å². The number of rotatable bonds is 4. The molecule has 6 heteroatoms. The average molecular weight is 279 g/mol. The zero-order chi connectivity index (χ0) is 13.9. The van der Waals surface area contributed by atoms with E-state index in [0.717, 1.165) is 45.3 Å². The van der Waals surface area contributed by atoms with E-state index in [1.54, 1.807) is 0 Å². The second-order valence-corrected chi connectivity index (χ2v) is 5.48. The van der Waals surface area contributed by atoms with Crippen LogP contribution < -0.4 is 0 Å². The van der Waals surface area contributed by atoms with E-state index < -0.39 is 0 Å². The first kappa shape index (κ1) is 13.5. The SMILES string of the molecule is CCc1nc([C@@H]2CCCN2C(=O)C[C@H]2CCCO2)no1. The third-order valence-electron chi connectivity index (χ3n) is 4.08. The molecule has 2 fully saturated rings. The molecule has 3 rings (SSSR count). The van der Waals surface area contributed by atoms with Crippen LogP contribution in [0.2, 0.25) is 0 Å². The molecule has 2 atom stereocenters. The van der Waals surface area contributed by atoms with Crippen LogP contribution in [0, 0.1) is 0 Å². The van der Waals surface area contributed by atoms with E-state index in [0.29, 0.717) is 18.1 Å². The van der Waals surface area contributed by atoms with Crippen LogP contribution in [0.4, 0.5) is 0 Å². The number of hydrogen-bond donors (Lipinski definition) is 0. The number of aromatic nitrogens is 2. The summed E-state index contributed by atoms with van der Waals surface area (Å²) in [6.45, 7) is 3.55. The van der Waals surface area contributed by atoms with Gasteiger partial charge in [0.1, 0.15) is 0 Å². The van der Waals surface area contributed by atoms with Crippen LogP contribution >= 0.6 is 0 Å². The number of nitrogens with zero attached hydrogens (tertiary/aromatic N) is 3. The van der Waals surface area contributed by atoms with E-state index in [-0.39, 0.29) is 18.1 Å². The summed E-state index contributed by atoms with van der Waals surface area (Å²) in [6, 6.07) is -0.0204. The molecule has 20 heavy (non-hydrogen) atoms. The van der Waals surface area contributed by atoms with Crippen molar-refractivity contribution in [1.29, 1.82) is 0 Å². The normalized spacial score (nSPS) is 26.4. The van der Waals surface area contributed by atoms with E-state index in [1.807, 2.05) is 11.8 Å². The number of ether oxygens (including phenoxy) is 1. The molecule has 1 amide bonds. The van der Waals surface area contributed by atoms with Gasteiger partial charge in [-0.05, 0) is 25.7 Å². The maximum absolute atomic E-state index is 12.4. The van der Waals surface area contributed by atoms with E-state index >= 15 is 0 Å². The molecular weight excluding hydrogens is 258 g/mol. The summed E-state index contributed by atoms with van der Waals surface area (Å²) >= 11 is 0. The highest BCUT2D eigenvalue weighted by atomic mass is 16.5. The number of carbonyl (C=O) groups excluding carboxylic acids is 1. The van der Waals surface area contributed by atoms with Crippen molar-refractivity contribution in [1.82, 2.24) is 15.0 Å². The van der Waals surface area contributed by atoms with Crippen molar-refractivity contribution in [2.45, 2.75) is 57.6 Å². The maximum atomic E-state index is 12.4. The van der Waals surface area contributed by atoms with Crippen LogP contribution in [0.1, 0.15) is 56.8 Å². The van der Waals surface area contributed by atoms with Gasteiger partial charge in [0.2, 0.25) is 11.8 Å². The molecule has 0 bridgehead atoms. The van der Waals surface area contributed by atoms with E-state index in [9.17, 15) is 4.79 Å². The minimum Gasteiger partial charge on any atom is -0.378 e. The van der Waals surface area contributed by atoms with Gasteiger partial charge in [-0.2, -0.15) is 4.98 Å².